The molecule has 0 N–H and O–H groups in total. The number of ether oxygens (including phenoxy) is 1. The van der Waals surface area contributed by atoms with Gasteiger partial charge in [-0.3, -0.25) is 4.98 Å². The fourth-order valence-corrected chi connectivity index (χ4v) is 1.51. The number of rotatable bonds is 2. The maximum atomic E-state index is 12.1. The number of nitrogens with zero attached hydrogens (tertiary/aromatic N) is 1. The number of aromatic nitrogens is 1. The monoisotopic (exact) mass is 241 g/mol. The molecule has 0 aliphatic heterocycles. The molecule has 0 aliphatic carbocycles. The summed E-state index contributed by atoms with van der Waals surface area (Å²) < 4.78 is 41.0. The van der Waals surface area contributed by atoms with Crippen LogP contribution in [0.1, 0.15) is 5.56 Å². The predicted octanol–water partition coefficient (Wildman–Crippen LogP) is 3.48. The summed E-state index contributed by atoms with van der Waals surface area (Å²) in [5.74, 6) is 0.205. The number of aryl methyl sites for hydroxylation is 1. The van der Waals surface area contributed by atoms with Gasteiger partial charge < -0.3 is 4.74 Å². The van der Waals surface area contributed by atoms with Crippen LogP contribution < -0.4 is 4.74 Å². The highest BCUT2D eigenvalue weighted by atomic mass is 19.4. The van der Waals surface area contributed by atoms with Crippen LogP contribution in [-0.2, 0) is 0 Å². The Labute approximate surface area is 96.0 Å². The van der Waals surface area contributed by atoms with Crippen molar-refractivity contribution in [3.05, 3.63) is 36.0 Å². The Morgan fingerprint density at radius 2 is 2.06 bits per heavy atom. The van der Waals surface area contributed by atoms with E-state index in [4.69, 9.17) is 4.74 Å². The SMILES string of the molecule is Cc1cnc2cccc(OCC(F)(F)F)c2c1. The number of benzene rings is 1. The van der Waals surface area contributed by atoms with Gasteiger partial charge in [-0.15, -0.1) is 0 Å². The number of alkyl halides is 3. The Kier molecular flexibility index (Phi) is 2.92. The van der Waals surface area contributed by atoms with Crippen molar-refractivity contribution in [2.75, 3.05) is 6.61 Å². The number of fused-ring (bicyclic) bond motifs is 1. The lowest BCUT2D eigenvalue weighted by atomic mass is 10.1. The zero-order valence-corrected chi connectivity index (χ0v) is 9.08. The van der Waals surface area contributed by atoms with Crippen LogP contribution in [0.15, 0.2) is 30.5 Å². The molecule has 1 aromatic carbocycles. The zero-order valence-electron chi connectivity index (χ0n) is 9.08. The number of hydrogen-bond donors (Lipinski definition) is 0. The summed E-state index contributed by atoms with van der Waals surface area (Å²) in [4.78, 5) is 4.12. The first-order chi connectivity index (χ1) is 7.96. The number of pyridine rings is 1. The molecule has 0 saturated heterocycles. The van der Waals surface area contributed by atoms with Crippen LogP contribution in [0.5, 0.6) is 5.75 Å². The lowest BCUT2D eigenvalue weighted by molar-refractivity contribution is -0.153. The number of halogens is 3. The second kappa shape index (κ2) is 4.24. The van der Waals surface area contributed by atoms with E-state index in [0.29, 0.717) is 10.9 Å². The predicted molar refractivity (Wildman–Crippen MR) is 58.0 cm³/mol. The molecule has 2 aromatic rings. The molecule has 1 heterocycles. The highest BCUT2D eigenvalue weighted by Gasteiger charge is 2.28. The van der Waals surface area contributed by atoms with Gasteiger partial charge in [-0.1, -0.05) is 6.07 Å². The first kappa shape index (κ1) is 11.7. The molecular formula is C12H10F3NO. The third kappa shape index (κ3) is 2.87. The Bertz CT molecular complexity index is 537. The van der Waals surface area contributed by atoms with Crippen LogP contribution in [0.4, 0.5) is 13.2 Å². The molecule has 1 aromatic heterocycles. The average molecular weight is 241 g/mol. The molecule has 2 nitrogen and oxygen atoms in total. The van der Waals surface area contributed by atoms with Crippen molar-refractivity contribution < 1.29 is 17.9 Å². The van der Waals surface area contributed by atoms with E-state index in [2.05, 4.69) is 4.98 Å². The molecule has 0 unspecified atom stereocenters. The molecule has 0 amide bonds. The summed E-state index contributed by atoms with van der Waals surface area (Å²) in [6.45, 7) is 0.535. The molecule has 0 bridgehead atoms. The first-order valence-corrected chi connectivity index (χ1v) is 5.01. The van der Waals surface area contributed by atoms with Gasteiger partial charge in [0.05, 0.1) is 5.52 Å². The van der Waals surface area contributed by atoms with Gasteiger partial charge in [0, 0.05) is 11.6 Å². The fraction of sp³-hybridized carbons (Fsp3) is 0.250. The highest BCUT2D eigenvalue weighted by Crippen LogP contribution is 2.26. The van der Waals surface area contributed by atoms with E-state index in [1.54, 1.807) is 24.4 Å². The molecule has 5 heteroatoms. The maximum Gasteiger partial charge on any atom is 0.422 e. The topological polar surface area (TPSA) is 22.1 Å². The van der Waals surface area contributed by atoms with Crippen LogP contribution >= 0.6 is 0 Å². The standard InChI is InChI=1S/C12H10F3NO/c1-8-5-9-10(16-6-8)3-2-4-11(9)17-7-12(13,14)15/h2-6H,7H2,1H3. The van der Waals surface area contributed by atoms with E-state index >= 15 is 0 Å². The average Bonchev–Trinajstić information content (AvgIpc) is 2.25. The zero-order chi connectivity index (χ0) is 12.5. The summed E-state index contributed by atoms with van der Waals surface area (Å²) in [7, 11) is 0. The van der Waals surface area contributed by atoms with E-state index in [1.165, 1.54) is 6.07 Å². The quantitative estimate of drug-likeness (QED) is 0.803. The lowest BCUT2D eigenvalue weighted by Crippen LogP contribution is -2.19. The molecule has 2 rings (SSSR count). The summed E-state index contributed by atoms with van der Waals surface area (Å²) in [5, 5.41) is 0.594. The van der Waals surface area contributed by atoms with E-state index in [9.17, 15) is 13.2 Å². The van der Waals surface area contributed by atoms with Crippen LogP contribution in [0.2, 0.25) is 0 Å². The third-order valence-corrected chi connectivity index (χ3v) is 2.21. The molecule has 90 valence electrons. The summed E-state index contributed by atoms with van der Waals surface area (Å²) in [6.07, 6.45) is -2.67. The van der Waals surface area contributed by atoms with Crippen LogP contribution in [-0.4, -0.2) is 17.8 Å². The van der Waals surface area contributed by atoms with Gasteiger partial charge >= 0.3 is 6.18 Å². The molecule has 0 atom stereocenters. The lowest BCUT2D eigenvalue weighted by Gasteiger charge is -2.11. The minimum Gasteiger partial charge on any atom is -0.483 e. The number of hydrogen-bond acceptors (Lipinski definition) is 2. The summed E-state index contributed by atoms with van der Waals surface area (Å²) in [5.41, 5.74) is 1.50. The van der Waals surface area contributed by atoms with Crippen molar-refractivity contribution in [1.29, 1.82) is 0 Å². The van der Waals surface area contributed by atoms with Crippen molar-refractivity contribution >= 4 is 10.9 Å². The second-order valence-electron chi connectivity index (χ2n) is 3.74. The molecule has 0 fully saturated rings. The summed E-state index contributed by atoms with van der Waals surface area (Å²) in [6, 6.07) is 6.62. The van der Waals surface area contributed by atoms with Gasteiger partial charge in [0.1, 0.15) is 5.75 Å². The molecule has 0 spiro atoms. The van der Waals surface area contributed by atoms with E-state index in [-0.39, 0.29) is 5.75 Å². The molecule has 0 saturated carbocycles. The molecule has 0 radical (unpaired) electrons. The van der Waals surface area contributed by atoms with Gasteiger partial charge in [0.2, 0.25) is 0 Å². The van der Waals surface area contributed by atoms with E-state index in [1.807, 2.05) is 6.92 Å². The van der Waals surface area contributed by atoms with E-state index < -0.39 is 12.8 Å². The smallest absolute Gasteiger partial charge is 0.422 e. The van der Waals surface area contributed by atoms with Crippen LogP contribution in [0, 0.1) is 6.92 Å². The fourth-order valence-electron chi connectivity index (χ4n) is 1.51. The van der Waals surface area contributed by atoms with Crippen molar-refractivity contribution in [3.8, 4) is 5.75 Å². The van der Waals surface area contributed by atoms with Crippen molar-refractivity contribution in [3.63, 3.8) is 0 Å². The molecular weight excluding hydrogens is 231 g/mol. The van der Waals surface area contributed by atoms with Crippen LogP contribution in [0.3, 0.4) is 0 Å². The van der Waals surface area contributed by atoms with Gasteiger partial charge in [-0.2, -0.15) is 13.2 Å². The Hall–Kier alpha value is -1.78. The third-order valence-electron chi connectivity index (χ3n) is 2.21. The minimum absolute atomic E-state index is 0.205. The second-order valence-corrected chi connectivity index (χ2v) is 3.74. The van der Waals surface area contributed by atoms with Crippen molar-refractivity contribution in [2.45, 2.75) is 13.1 Å². The van der Waals surface area contributed by atoms with Gasteiger partial charge in [0.25, 0.3) is 0 Å². The van der Waals surface area contributed by atoms with Crippen molar-refractivity contribution in [1.82, 2.24) is 4.98 Å². The molecule has 17 heavy (non-hydrogen) atoms. The maximum absolute atomic E-state index is 12.1. The normalized spacial score (nSPS) is 11.8. The Balaban J connectivity index is 2.36. The Morgan fingerprint density at radius 1 is 1.29 bits per heavy atom. The van der Waals surface area contributed by atoms with Gasteiger partial charge in [-0.05, 0) is 30.7 Å². The van der Waals surface area contributed by atoms with Gasteiger partial charge in [-0.25, -0.2) is 0 Å². The minimum atomic E-state index is -4.33. The van der Waals surface area contributed by atoms with E-state index in [0.717, 1.165) is 5.56 Å². The van der Waals surface area contributed by atoms with Crippen LogP contribution in [0.25, 0.3) is 10.9 Å². The van der Waals surface area contributed by atoms with Gasteiger partial charge in [0.15, 0.2) is 6.61 Å². The largest absolute Gasteiger partial charge is 0.483 e. The summed E-state index contributed by atoms with van der Waals surface area (Å²) >= 11 is 0. The molecule has 0 aliphatic rings. The Morgan fingerprint density at radius 3 is 2.76 bits per heavy atom. The highest BCUT2D eigenvalue weighted by molar-refractivity contribution is 5.85. The first-order valence-electron chi connectivity index (χ1n) is 5.01. The van der Waals surface area contributed by atoms with Crippen molar-refractivity contribution in [2.24, 2.45) is 0 Å².